The lowest BCUT2D eigenvalue weighted by atomic mass is 9.85. The number of para-hydroxylation sites is 1. The van der Waals surface area contributed by atoms with Gasteiger partial charge in [-0.25, -0.2) is 0 Å². The summed E-state index contributed by atoms with van der Waals surface area (Å²) in [5.41, 5.74) is 4.22. The molecule has 0 aliphatic carbocycles. The minimum absolute atomic E-state index is 0.183. The second-order valence-electron chi connectivity index (χ2n) is 8.11. The smallest absolute Gasteiger partial charge is 0.0704 e. The van der Waals surface area contributed by atoms with Crippen molar-refractivity contribution in [3.63, 3.8) is 0 Å². The summed E-state index contributed by atoms with van der Waals surface area (Å²) < 4.78 is 0. The SMILES string of the molecule is CC(C)(C)c1ccnc2ccccc12.CC(C)(C)c1ccncc1. The zero-order valence-corrected chi connectivity index (χ0v) is 15.7. The van der Waals surface area contributed by atoms with Crippen LogP contribution in [0, 0.1) is 0 Å². The van der Waals surface area contributed by atoms with Gasteiger partial charge in [0.2, 0.25) is 0 Å². The molecule has 0 saturated heterocycles. The Labute approximate surface area is 146 Å². The molecular weight excluding hydrogens is 292 g/mol. The zero-order chi connectivity index (χ0) is 17.8. The van der Waals surface area contributed by atoms with E-state index in [2.05, 4.69) is 87.9 Å². The molecule has 1 aromatic carbocycles. The van der Waals surface area contributed by atoms with Crippen molar-refractivity contribution in [1.29, 1.82) is 0 Å². The van der Waals surface area contributed by atoms with Crippen LogP contribution >= 0.6 is 0 Å². The molecule has 0 unspecified atom stereocenters. The van der Waals surface area contributed by atoms with Crippen molar-refractivity contribution in [3.05, 3.63) is 72.2 Å². The highest BCUT2D eigenvalue weighted by molar-refractivity contribution is 5.82. The van der Waals surface area contributed by atoms with Crippen LogP contribution in [0.25, 0.3) is 10.9 Å². The summed E-state index contributed by atoms with van der Waals surface area (Å²) in [6.07, 6.45) is 5.56. The van der Waals surface area contributed by atoms with E-state index in [0.29, 0.717) is 0 Å². The molecule has 2 heteroatoms. The maximum Gasteiger partial charge on any atom is 0.0704 e. The maximum atomic E-state index is 4.36. The highest BCUT2D eigenvalue weighted by atomic mass is 14.6. The summed E-state index contributed by atoms with van der Waals surface area (Å²) in [4.78, 5) is 8.31. The van der Waals surface area contributed by atoms with Gasteiger partial charge < -0.3 is 0 Å². The van der Waals surface area contributed by atoms with Gasteiger partial charge in [-0.3, -0.25) is 9.97 Å². The van der Waals surface area contributed by atoms with Gasteiger partial charge in [0.25, 0.3) is 0 Å². The lowest BCUT2D eigenvalue weighted by Crippen LogP contribution is -2.11. The van der Waals surface area contributed by atoms with Crippen LogP contribution in [-0.2, 0) is 10.8 Å². The first-order valence-corrected chi connectivity index (χ1v) is 8.44. The van der Waals surface area contributed by atoms with Crippen molar-refractivity contribution >= 4 is 10.9 Å². The summed E-state index contributed by atoms with van der Waals surface area (Å²) in [6, 6.07) is 14.5. The molecule has 0 atom stereocenters. The number of rotatable bonds is 0. The number of aromatic nitrogens is 2. The average molecular weight is 320 g/mol. The molecule has 3 aromatic rings. The van der Waals surface area contributed by atoms with Crippen molar-refractivity contribution in [3.8, 4) is 0 Å². The van der Waals surface area contributed by atoms with Crippen LogP contribution in [-0.4, -0.2) is 9.97 Å². The van der Waals surface area contributed by atoms with Crippen LogP contribution in [0.15, 0.2) is 61.1 Å². The predicted molar refractivity (Wildman–Crippen MR) is 103 cm³/mol. The molecule has 0 amide bonds. The Balaban J connectivity index is 0.000000185. The molecule has 2 aromatic heterocycles. The van der Waals surface area contributed by atoms with Gasteiger partial charge in [-0.05, 0) is 46.2 Å². The van der Waals surface area contributed by atoms with Gasteiger partial charge in [-0.15, -0.1) is 0 Å². The Morgan fingerprint density at radius 3 is 1.83 bits per heavy atom. The Bertz CT molecular complexity index is 773. The number of benzene rings is 1. The molecule has 0 aliphatic heterocycles. The van der Waals surface area contributed by atoms with Gasteiger partial charge in [0.05, 0.1) is 5.52 Å². The fourth-order valence-electron chi connectivity index (χ4n) is 2.60. The summed E-state index contributed by atoms with van der Waals surface area (Å²) >= 11 is 0. The molecule has 3 rings (SSSR count). The third-order valence-electron chi connectivity index (χ3n) is 4.00. The van der Waals surface area contributed by atoms with Crippen LogP contribution in [0.1, 0.15) is 52.7 Å². The number of fused-ring (bicyclic) bond motifs is 1. The van der Waals surface area contributed by atoms with Gasteiger partial charge in [0.1, 0.15) is 0 Å². The molecule has 2 heterocycles. The molecule has 0 fully saturated rings. The fourth-order valence-corrected chi connectivity index (χ4v) is 2.60. The van der Waals surface area contributed by atoms with Crippen molar-refractivity contribution in [2.75, 3.05) is 0 Å². The van der Waals surface area contributed by atoms with Crippen LogP contribution in [0.2, 0.25) is 0 Å². The highest BCUT2D eigenvalue weighted by Crippen LogP contribution is 2.28. The highest BCUT2D eigenvalue weighted by Gasteiger charge is 2.16. The van der Waals surface area contributed by atoms with E-state index in [1.54, 1.807) is 0 Å². The molecule has 0 saturated carbocycles. The van der Waals surface area contributed by atoms with E-state index in [1.165, 1.54) is 16.5 Å². The summed E-state index contributed by atoms with van der Waals surface area (Å²) in [6.45, 7) is 13.3. The normalized spacial score (nSPS) is 11.8. The molecule has 0 bridgehead atoms. The Morgan fingerprint density at radius 1 is 0.667 bits per heavy atom. The van der Waals surface area contributed by atoms with Gasteiger partial charge in [0.15, 0.2) is 0 Å². The van der Waals surface area contributed by atoms with E-state index in [0.717, 1.165) is 5.52 Å². The third kappa shape index (κ3) is 4.64. The first-order valence-electron chi connectivity index (χ1n) is 8.44. The number of nitrogens with zero attached hydrogens (tertiary/aromatic N) is 2. The molecule has 0 aliphatic rings. The molecule has 24 heavy (non-hydrogen) atoms. The number of hydrogen-bond donors (Lipinski definition) is 0. The van der Waals surface area contributed by atoms with E-state index >= 15 is 0 Å². The predicted octanol–water partition coefficient (Wildman–Crippen LogP) is 5.91. The van der Waals surface area contributed by atoms with Crippen LogP contribution in [0.3, 0.4) is 0 Å². The summed E-state index contributed by atoms with van der Waals surface area (Å²) in [7, 11) is 0. The molecular formula is C22H28N2. The monoisotopic (exact) mass is 320 g/mol. The summed E-state index contributed by atoms with van der Waals surface area (Å²) in [5, 5.41) is 1.27. The molecule has 126 valence electrons. The summed E-state index contributed by atoms with van der Waals surface area (Å²) in [5.74, 6) is 0. The fraction of sp³-hybridized carbons (Fsp3) is 0.364. The lowest BCUT2D eigenvalue weighted by molar-refractivity contribution is 0.589. The number of hydrogen-bond acceptors (Lipinski definition) is 2. The van der Waals surface area contributed by atoms with Crippen LogP contribution < -0.4 is 0 Å². The van der Waals surface area contributed by atoms with Gasteiger partial charge in [0, 0.05) is 24.0 Å². The second kappa shape index (κ2) is 7.12. The van der Waals surface area contributed by atoms with Gasteiger partial charge in [-0.1, -0.05) is 59.7 Å². The van der Waals surface area contributed by atoms with Crippen molar-refractivity contribution < 1.29 is 0 Å². The van der Waals surface area contributed by atoms with E-state index in [-0.39, 0.29) is 10.8 Å². The second-order valence-corrected chi connectivity index (χ2v) is 8.11. The van der Waals surface area contributed by atoms with Crippen LogP contribution in [0.5, 0.6) is 0 Å². The lowest BCUT2D eigenvalue weighted by Gasteiger charge is -2.20. The Kier molecular flexibility index (Phi) is 5.38. The number of pyridine rings is 2. The molecule has 0 radical (unpaired) electrons. The standard InChI is InChI=1S/C13H15N.C9H13N/c1-13(2,3)11-8-9-14-12-7-5-4-6-10(11)12;1-9(2,3)8-4-6-10-7-5-8/h4-9H,1-3H3;4-7H,1-3H3. The minimum atomic E-state index is 0.183. The van der Waals surface area contributed by atoms with E-state index in [1.807, 2.05) is 24.7 Å². The Morgan fingerprint density at radius 2 is 1.29 bits per heavy atom. The molecule has 0 N–H and O–H groups in total. The minimum Gasteiger partial charge on any atom is -0.265 e. The van der Waals surface area contributed by atoms with Gasteiger partial charge >= 0.3 is 0 Å². The van der Waals surface area contributed by atoms with E-state index < -0.39 is 0 Å². The quantitative estimate of drug-likeness (QED) is 0.514. The van der Waals surface area contributed by atoms with Gasteiger partial charge in [-0.2, -0.15) is 0 Å². The maximum absolute atomic E-state index is 4.36. The Hall–Kier alpha value is -2.22. The molecule has 2 nitrogen and oxygen atoms in total. The van der Waals surface area contributed by atoms with Crippen molar-refractivity contribution in [2.24, 2.45) is 0 Å². The zero-order valence-electron chi connectivity index (χ0n) is 15.7. The van der Waals surface area contributed by atoms with E-state index in [9.17, 15) is 0 Å². The van der Waals surface area contributed by atoms with Crippen LogP contribution in [0.4, 0.5) is 0 Å². The molecule has 0 spiro atoms. The van der Waals surface area contributed by atoms with E-state index in [4.69, 9.17) is 0 Å². The van der Waals surface area contributed by atoms with Crippen molar-refractivity contribution in [2.45, 2.75) is 52.4 Å². The first kappa shape index (κ1) is 18.1. The largest absolute Gasteiger partial charge is 0.265 e. The average Bonchev–Trinajstić information content (AvgIpc) is 2.54. The third-order valence-corrected chi connectivity index (χ3v) is 4.00. The van der Waals surface area contributed by atoms with Crippen molar-refractivity contribution in [1.82, 2.24) is 9.97 Å². The first-order chi connectivity index (χ1) is 11.2. The topological polar surface area (TPSA) is 25.8 Å².